The quantitative estimate of drug-likeness (QED) is 0.807. The molecule has 0 aliphatic rings. The van der Waals surface area contributed by atoms with E-state index in [-0.39, 0.29) is 17.5 Å². The number of halogens is 1. The van der Waals surface area contributed by atoms with Crippen LogP contribution in [0.2, 0.25) is 0 Å². The molecule has 1 unspecified atom stereocenters. The molecule has 0 aliphatic heterocycles. The predicted molar refractivity (Wildman–Crippen MR) is 89.0 cm³/mol. The zero-order valence-electron chi connectivity index (χ0n) is 12.7. The number of aryl methyl sites for hydroxylation is 2. The molecule has 0 aliphatic carbocycles. The van der Waals surface area contributed by atoms with Gasteiger partial charge in [-0.3, -0.25) is 0 Å². The fourth-order valence-electron chi connectivity index (χ4n) is 2.31. The molecule has 1 rings (SSSR count). The first-order valence-corrected chi connectivity index (χ1v) is 9.56. The second-order valence-electron chi connectivity index (χ2n) is 5.19. The minimum atomic E-state index is -2.86. The van der Waals surface area contributed by atoms with Crippen LogP contribution in [0.3, 0.4) is 0 Å². The highest BCUT2D eigenvalue weighted by molar-refractivity contribution is 9.10. The zero-order valence-corrected chi connectivity index (χ0v) is 15.1. The van der Waals surface area contributed by atoms with Crippen molar-refractivity contribution in [3.05, 3.63) is 33.3 Å². The lowest BCUT2D eigenvalue weighted by atomic mass is 9.98. The normalized spacial score (nSPS) is 13.4. The number of benzene rings is 1. The Morgan fingerprint density at radius 2 is 1.80 bits per heavy atom. The summed E-state index contributed by atoms with van der Waals surface area (Å²) in [5.41, 5.74) is 3.64. The number of rotatable bonds is 7. The Bertz CT molecular complexity index is 532. The molecule has 3 nitrogen and oxygen atoms in total. The van der Waals surface area contributed by atoms with Crippen molar-refractivity contribution < 1.29 is 8.42 Å². The van der Waals surface area contributed by atoms with E-state index in [1.165, 1.54) is 16.7 Å². The van der Waals surface area contributed by atoms with Crippen molar-refractivity contribution in [2.75, 3.05) is 18.6 Å². The minimum Gasteiger partial charge on any atom is -0.313 e. The Morgan fingerprint density at radius 3 is 2.25 bits per heavy atom. The third-order valence-electron chi connectivity index (χ3n) is 3.60. The number of nitrogens with one attached hydrogen (secondary N) is 1. The highest BCUT2D eigenvalue weighted by Crippen LogP contribution is 2.27. The van der Waals surface area contributed by atoms with Crippen LogP contribution in [-0.4, -0.2) is 27.0 Å². The van der Waals surface area contributed by atoms with Gasteiger partial charge in [-0.2, -0.15) is 0 Å². The van der Waals surface area contributed by atoms with Gasteiger partial charge in [0.25, 0.3) is 0 Å². The lowest BCUT2D eigenvalue weighted by molar-refractivity contribution is 0.535. The number of hydrogen-bond acceptors (Lipinski definition) is 3. The van der Waals surface area contributed by atoms with E-state index in [0.29, 0.717) is 6.42 Å². The molecule has 20 heavy (non-hydrogen) atoms. The largest absolute Gasteiger partial charge is 0.313 e. The SMILES string of the molecule is CCS(=O)(=O)CCCC(NC)c1cc(C)c(Br)c(C)c1. The predicted octanol–water partition coefficient (Wildman–Crippen LogP) is 3.54. The van der Waals surface area contributed by atoms with Crippen LogP contribution < -0.4 is 5.32 Å². The Kier molecular flexibility index (Phi) is 6.69. The maximum Gasteiger partial charge on any atom is 0.150 e. The number of sulfone groups is 1. The molecule has 1 aromatic rings. The first-order valence-electron chi connectivity index (χ1n) is 6.95. The van der Waals surface area contributed by atoms with Gasteiger partial charge in [0, 0.05) is 16.3 Å². The first-order chi connectivity index (χ1) is 9.30. The molecule has 0 saturated carbocycles. The molecule has 114 valence electrons. The van der Waals surface area contributed by atoms with Crippen molar-refractivity contribution in [3.63, 3.8) is 0 Å². The summed E-state index contributed by atoms with van der Waals surface area (Å²) in [5.74, 6) is 0.504. The van der Waals surface area contributed by atoms with E-state index in [1.54, 1.807) is 6.92 Å². The van der Waals surface area contributed by atoms with Crippen LogP contribution in [-0.2, 0) is 9.84 Å². The zero-order chi connectivity index (χ0) is 15.3. The Balaban J connectivity index is 2.77. The van der Waals surface area contributed by atoms with Crippen molar-refractivity contribution in [1.29, 1.82) is 0 Å². The molecule has 1 atom stereocenters. The summed E-state index contributed by atoms with van der Waals surface area (Å²) in [6.07, 6.45) is 1.52. The van der Waals surface area contributed by atoms with E-state index < -0.39 is 9.84 Å². The third kappa shape index (κ3) is 4.86. The lowest BCUT2D eigenvalue weighted by Crippen LogP contribution is -2.18. The monoisotopic (exact) mass is 361 g/mol. The highest BCUT2D eigenvalue weighted by atomic mass is 79.9. The molecule has 1 aromatic carbocycles. The third-order valence-corrected chi connectivity index (χ3v) is 6.64. The molecule has 5 heteroatoms. The van der Waals surface area contributed by atoms with Crippen molar-refractivity contribution in [3.8, 4) is 0 Å². The van der Waals surface area contributed by atoms with Crippen LogP contribution in [0.5, 0.6) is 0 Å². The van der Waals surface area contributed by atoms with Crippen molar-refractivity contribution >= 4 is 25.8 Å². The molecule has 0 amide bonds. The molecule has 0 saturated heterocycles. The van der Waals surface area contributed by atoms with Gasteiger partial charge < -0.3 is 5.32 Å². The van der Waals surface area contributed by atoms with Crippen LogP contribution in [0, 0.1) is 13.8 Å². The molecule has 0 heterocycles. The molecule has 0 aromatic heterocycles. The molecular formula is C15H24BrNO2S. The molecule has 0 spiro atoms. The molecule has 0 fully saturated rings. The fourth-order valence-corrected chi connectivity index (χ4v) is 3.43. The van der Waals surface area contributed by atoms with Gasteiger partial charge in [0.05, 0.1) is 5.75 Å². The van der Waals surface area contributed by atoms with Crippen LogP contribution in [0.25, 0.3) is 0 Å². The van der Waals surface area contributed by atoms with E-state index >= 15 is 0 Å². The maximum atomic E-state index is 11.5. The first kappa shape index (κ1) is 17.7. The minimum absolute atomic E-state index is 0.201. The molecule has 1 N–H and O–H groups in total. The van der Waals surface area contributed by atoms with Crippen LogP contribution in [0.1, 0.15) is 42.5 Å². The fraction of sp³-hybridized carbons (Fsp3) is 0.600. The average Bonchev–Trinajstić information content (AvgIpc) is 2.40. The van der Waals surface area contributed by atoms with Crippen LogP contribution in [0.4, 0.5) is 0 Å². The van der Waals surface area contributed by atoms with E-state index in [2.05, 4.69) is 47.2 Å². The Hall–Kier alpha value is -0.390. The van der Waals surface area contributed by atoms with Crippen molar-refractivity contribution in [2.45, 2.75) is 39.7 Å². The van der Waals surface area contributed by atoms with E-state index in [4.69, 9.17) is 0 Å². The van der Waals surface area contributed by atoms with Gasteiger partial charge in [-0.1, -0.05) is 35.0 Å². The van der Waals surface area contributed by atoms with Gasteiger partial charge in [-0.15, -0.1) is 0 Å². The van der Waals surface area contributed by atoms with Gasteiger partial charge in [-0.05, 0) is 50.4 Å². The summed E-state index contributed by atoms with van der Waals surface area (Å²) >= 11 is 3.57. The van der Waals surface area contributed by atoms with Gasteiger partial charge in [0.15, 0.2) is 0 Å². The number of hydrogen-bond donors (Lipinski definition) is 1. The average molecular weight is 362 g/mol. The molecule has 0 radical (unpaired) electrons. The highest BCUT2D eigenvalue weighted by Gasteiger charge is 2.14. The smallest absolute Gasteiger partial charge is 0.150 e. The van der Waals surface area contributed by atoms with E-state index in [0.717, 1.165) is 10.9 Å². The van der Waals surface area contributed by atoms with Crippen LogP contribution >= 0.6 is 15.9 Å². The van der Waals surface area contributed by atoms with Gasteiger partial charge in [-0.25, -0.2) is 8.42 Å². The Morgan fingerprint density at radius 1 is 1.25 bits per heavy atom. The topological polar surface area (TPSA) is 46.2 Å². The van der Waals surface area contributed by atoms with Crippen molar-refractivity contribution in [2.24, 2.45) is 0 Å². The second-order valence-corrected chi connectivity index (χ2v) is 8.45. The summed E-state index contributed by atoms with van der Waals surface area (Å²) in [5, 5.41) is 3.29. The standard InChI is InChI=1S/C15H24BrNO2S/c1-5-20(18,19)8-6-7-14(17-4)13-9-11(2)15(16)12(3)10-13/h9-10,14,17H,5-8H2,1-4H3. The summed E-state index contributed by atoms with van der Waals surface area (Å²) < 4.78 is 24.2. The maximum absolute atomic E-state index is 11.5. The summed E-state index contributed by atoms with van der Waals surface area (Å²) in [6.45, 7) is 5.86. The van der Waals surface area contributed by atoms with Gasteiger partial charge >= 0.3 is 0 Å². The summed E-state index contributed by atoms with van der Waals surface area (Å²) in [4.78, 5) is 0. The summed E-state index contributed by atoms with van der Waals surface area (Å²) in [7, 11) is -0.942. The van der Waals surface area contributed by atoms with Crippen LogP contribution in [0.15, 0.2) is 16.6 Å². The van der Waals surface area contributed by atoms with E-state index in [9.17, 15) is 8.42 Å². The summed E-state index contributed by atoms with van der Waals surface area (Å²) in [6, 6.07) is 4.52. The van der Waals surface area contributed by atoms with Gasteiger partial charge in [0.1, 0.15) is 9.84 Å². The second kappa shape index (κ2) is 7.57. The molecular weight excluding hydrogens is 338 g/mol. The lowest BCUT2D eigenvalue weighted by Gasteiger charge is -2.18. The van der Waals surface area contributed by atoms with Crippen molar-refractivity contribution in [1.82, 2.24) is 5.32 Å². The molecule has 0 bridgehead atoms. The van der Waals surface area contributed by atoms with Gasteiger partial charge in [0.2, 0.25) is 0 Å². The Labute approximate surface area is 131 Å². The van der Waals surface area contributed by atoms with E-state index in [1.807, 2.05) is 7.05 Å².